The van der Waals surface area contributed by atoms with Gasteiger partial charge in [-0.2, -0.15) is 4.98 Å². The van der Waals surface area contributed by atoms with Crippen LogP contribution >= 0.6 is 0 Å². The lowest BCUT2D eigenvalue weighted by molar-refractivity contribution is -0.116. The van der Waals surface area contributed by atoms with Gasteiger partial charge in [0.25, 0.3) is 5.89 Å². The summed E-state index contributed by atoms with van der Waals surface area (Å²) < 4.78 is 38.6. The van der Waals surface area contributed by atoms with Crippen molar-refractivity contribution in [2.24, 2.45) is 0 Å². The van der Waals surface area contributed by atoms with Gasteiger partial charge in [0.2, 0.25) is 11.7 Å². The smallest absolute Gasteiger partial charge is 0.258 e. The van der Waals surface area contributed by atoms with Crippen molar-refractivity contribution in [1.29, 1.82) is 0 Å². The van der Waals surface area contributed by atoms with E-state index >= 15 is 0 Å². The summed E-state index contributed by atoms with van der Waals surface area (Å²) >= 11 is 0. The molecule has 0 aliphatic heterocycles. The molecule has 0 bridgehead atoms. The van der Waals surface area contributed by atoms with Crippen LogP contribution in [0.25, 0.3) is 45.4 Å². The summed E-state index contributed by atoms with van der Waals surface area (Å²) in [6.07, 6.45) is 0. The summed E-state index contributed by atoms with van der Waals surface area (Å²) in [6, 6.07) is 15.9. The maximum absolute atomic E-state index is 13.6. The van der Waals surface area contributed by atoms with Crippen molar-refractivity contribution >= 4 is 28.4 Å². The Morgan fingerprint density at radius 2 is 1.82 bits per heavy atom. The lowest BCUT2D eigenvalue weighted by atomic mass is 10.1. The standard InChI is InChI=1S/C26H18F2N8O3/c1-13-8-15(24-32-26(38-35-24)14-6-7-17(27)18(28)11-14)10-16(9-13)30-21(37)12-36-20-5-3-2-4-19(20)31-25(36)22-23(29)34-39-33-22/h2-11H,12H2,1H3,(H2,29,34)(H,30,37). The van der Waals surface area contributed by atoms with Crippen molar-refractivity contribution in [3.8, 4) is 34.4 Å². The molecule has 3 aromatic heterocycles. The SMILES string of the molecule is Cc1cc(NC(=O)Cn2c(-c3nonc3N)nc3ccccc32)cc(-c2noc(-c3ccc(F)c(F)c3)n2)c1. The summed E-state index contributed by atoms with van der Waals surface area (Å²) in [7, 11) is 0. The first kappa shape index (κ1) is 23.9. The molecule has 3 heterocycles. The van der Waals surface area contributed by atoms with Crippen LogP contribution in [0, 0.1) is 18.6 Å². The number of rotatable bonds is 6. The highest BCUT2D eigenvalue weighted by atomic mass is 19.2. The number of aromatic nitrogens is 6. The van der Waals surface area contributed by atoms with Gasteiger partial charge < -0.3 is 20.1 Å². The molecule has 3 aromatic carbocycles. The van der Waals surface area contributed by atoms with E-state index in [-0.39, 0.29) is 41.2 Å². The Balaban J connectivity index is 1.27. The third-order valence-electron chi connectivity index (χ3n) is 5.89. The molecule has 0 saturated carbocycles. The van der Waals surface area contributed by atoms with Crippen LogP contribution in [0.4, 0.5) is 20.3 Å². The molecule has 0 unspecified atom stereocenters. The number of nitrogens with zero attached hydrogens (tertiary/aromatic N) is 6. The first-order valence-electron chi connectivity index (χ1n) is 11.6. The zero-order valence-corrected chi connectivity index (χ0v) is 20.2. The van der Waals surface area contributed by atoms with E-state index in [0.29, 0.717) is 28.1 Å². The molecule has 11 nitrogen and oxygen atoms in total. The van der Waals surface area contributed by atoms with E-state index in [4.69, 9.17) is 14.9 Å². The molecule has 0 fully saturated rings. The topological polar surface area (TPSA) is 151 Å². The fourth-order valence-electron chi connectivity index (χ4n) is 4.18. The minimum absolute atomic E-state index is 0.0251. The monoisotopic (exact) mass is 528 g/mol. The summed E-state index contributed by atoms with van der Waals surface area (Å²) in [5.74, 6) is -1.71. The average molecular weight is 528 g/mol. The van der Waals surface area contributed by atoms with Crippen molar-refractivity contribution in [1.82, 2.24) is 30.0 Å². The number of imidazole rings is 1. The molecule has 39 heavy (non-hydrogen) atoms. The highest BCUT2D eigenvalue weighted by Gasteiger charge is 2.21. The number of hydrogen-bond acceptors (Lipinski definition) is 9. The zero-order chi connectivity index (χ0) is 27.1. The van der Waals surface area contributed by atoms with Gasteiger partial charge in [0.05, 0.1) is 11.0 Å². The minimum Gasteiger partial charge on any atom is -0.379 e. The van der Waals surface area contributed by atoms with Crippen molar-refractivity contribution in [3.63, 3.8) is 0 Å². The van der Waals surface area contributed by atoms with E-state index in [1.807, 2.05) is 31.2 Å². The largest absolute Gasteiger partial charge is 0.379 e. The molecular weight excluding hydrogens is 510 g/mol. The number of nitrogens with two attached hydrogens (primary N) is 1. The molecule has 3 N–H and O–H groups in total. The van der Waals surface area contributed by atoms with Gasteiger partial charge in [0.15, 0.2) is 29.0 Å². The molecule has 6 aromatic rings. The minimum atomic E-state index is -1.02. The highest BCUT2D eigenvalue weighted by molar-refractivity contribution is 5.93. The lowest BCUT2D eigenvalue weighted by Crippen LogP contribution is -2.19. The molecule has 0 aliphatic rings. The number of carbonyl (C=O) groups excluding carboxylic acids is 1. The number of amides is 1. The van der Waals surface area contributed by atoms with E-state index in [1.165, 1.54) is 6.07 Å². The summed E-state index contributed by atoms with van der Waals surface area (Å²) in [4.78, 5) is 22.0. The Morgan fingerprint density at radius 1 is 0.974 bits per heavy atom. The van der Waals surface area contributed by atoms with Gasteiger partial charge in [-0.15, -0.1) is 0 Å². The summed E-state index contributed by atoms with van der Waals surface area (Å²) in [5.41, 5.74) is 9.55. The second kappa shape index (κ2) is 9.45. The third-order valence-corrected chi connectivity index (χ3v) is 5.89. The van der Waals surface area contributed by atoms with Crippen LogP contribution in [0.2, 0.25) is 0 Å². The Bertz CT molecular complexity index is 1860. The number of carbonyl (C=O) groups is 1. The van der Waals surface area contributed by atoms with Gasteiger partial charge in [-0.3, -0.25) is 4.79 Å². The molecule has 0 spiro atoms. The molecule has 194 valence electrons. The van der Waals surface area contributed by atoms with Gasteiger partial charge in [-0.1, -0.05) is 17.3 Å². The van der Waals surface area contributed by atoms with Crippen LogP contribution in [0.5, 0.6) is 0 Å². The summed E-state index contributed by atoms with van der Waals surface area (Å²) in [6.45, 7) is 1.74. The van der Waals surface area contributed by atoms with Crippen molar-refractivity contribution in [2.75, 3.05) is 11.1 Å². The molecule has 13 heteroatoms. The van der Waals surface area contributed by atoms with Crippen LogP contribution in [0.3, 0.4) is 0 Å². The molecule has 0 saturated heterocycles. The van der Waals surface area contributed by atoms with Crippen LogP contribution in [0.1, 0.15) is 5.56 Å². The Hall–Kier alpha value is -5.46. The van der Waals surface area contributed by atoms with Crippen LogP contribution in [-0.2, 0) is 11.3 Å². The van der Waals surface area contributed by atoms with Crippen LogP contribution in [0.15, 0.2) is 69.8 Å². The van der Waals surface area contributed by atoms with Crippen molar-refractivity contribution < 1.29 is 22.7 Å². The van der Waals surface area contributed by atoms with Crippen molar-refractivity contribution in [2.45, 2.75) is 13.5 Å². The van der Waals surface area contributed by atoms with E-state index in [9.17, 15) is 13.6 Å². The van der Waals surface area contributed by atoms with E-state index in [2.05, 4.69) is 30.8 Å². The van der Waals surface area contributed by atoms with Gasteiger partial charge in [-0.25, -0.2) is 18.4 Å². The first-order valence-corrected chi connectivity index (χ1v) is 11.6. The van der Waals surface area contributed by atoms with Crippen molar-refractivity contribution in [3.05, 3.63) is 77.9 Å². The number of nitrogens with one attached hydrogen (secondary N) is 1. The highest BCUT2D eigenvalue weighted by Crippen LogP contribution is 2.28. The molecular formula is C26H18F2N8O3. The summed E-state index contributed by atoms with van der Waals surface area (Å²) in [5, 5.41) is 14.3. The molecule has 0 aliphatic carbocycles. The third kappa shape index (κ3) is 4.56. The number of halogens is 2. The maximum Gasteiger partial charge on any atom is 0.258 e. The first-order chi connectivity index (χ1) is 18.9. The van der Waals surface area contributed by atoms with Gasteiger partial charge in [-0.05, 0) is 71.3 Å². The van der Waals surface area contributed by atoms with Crippen LogP contribution in [-0.4, -0.2) is 35.9 Å². The number of benzene rings is 3. The predicted octanol–water partition coefficient (Wildman–Crippen LogP) is 4.61. The van der Waals surface area contributed by atoms with Gasteiger partial charge in [0, 0.05) is 16.8 Å². The second-order valence-electron chi connectivity index (χ2n) is 8.70. The van der Waals surface area contributed by atoms with Gasteiger partial charge in [0.1, 0.15) is 6.54 Å². The average Bonchev–Trinajstić information content (AvgIpc) is 3.64. The predicted molar refractivity (Wildman–Crippen MR) is 136 cm³/mol. The quantitative estimate of drug-likeness (QED) is 0.316. The fraction of sp³-hybridized carbons (Fsp3) is 0.0769. The number of anilines is 2. The van der Waals surface area contributed by atoms with E-state index in [0.717, 1.165) is 17.7 Å². The number of nitrogen functional groups attached to an aromatic ring is 1. The lowest BCUT2D eigenvalue weighted by Gasteiger charge is -2.10. The van der Waals surface area contributed by atoms with Crippen LogP contribution < -0.4 is 11.1 Å². The maximum atomic E-state index is 13.6. The molecule has 6 rings (SSSR count). The van der Waals surface area contributed by atoms with E-state index in [1.54, 1.807) is 22.8 Å². The molecule has 0 atom stereocenters. The number of hydrogen-bond donors (Lipinski definition) is 2. The Labute approximate surface area is 218 Å². The molecule has 1 amide bonds. The molecule has 0 radical (unpaired) electrons. The fourth-order valence-corrected chi connectivity index (χ4v) is 4.18. The van der Waals surface area contributed by atoms with Gasteiger partial charge >= 0.3 is 0 Å². The Morgan fingerprint density at radius 3 is 2.62 bits per heavy atom. The number of para-hydroxylation sites is 2. The second-order valence-corrected chi connectivity index (χ2v) is 8.70. The Kier molecular flexibility index (Phi) is 5.79. The zero-order valence-electron chi connectivity index (χ0n) is 20.2. The number of fused-ring (bicyclic) bond motifs is 1. The number of aryl methyl sites for hydroxylation is 1. The normalized spacial score (nSPS) is 11.3. The van der Waals surface area contributed by atoms with E-state index < -0.39 is 11.6 Å².